The topological polar surface area (TPSA) is 76.7 Å². The molecule has 0 spiro atoms. The summed E-state index contributed by atoms with van der Waals surface area (Å²) < 4.78 is 0. The molecule has 3 rings (SSSR count). The lowest BCUT2D eigenvalue weighted by Gasteiger charge is -2.32. The number of carbonyl (C=O) groups excluding carboxylic acids is 2. The van der Waals surface area contributed by atoms with E-state index in [9.17, 15) is 9.59 Å². The van der Waals surface area contributed by atoms with Gasteiger partial charge in [-0.2, -0.15) is 0 Å². The van der Waals surface area contributed by atoms with Crippen molar-refractivity contribution >= 4 is 23.2 Å². The van der Waals surface area contributed by atoms with E-state index in [2.05, 4.69) is 46.6 Å². The van der Waals surface area contributed by atoms with Crippen molar-refractivity contribution in [1.82, 2.24) is 15.1 Å². The van der Waals surface area contributed by atoms with E-state index in [1.165, 1.54) is 0 Å². The Bertz CT molecular complexity index is 698. The monoisotopic (exact) mass is 387 g/mol. The van der Waals surface area contributed by atoms with Crippen molar-refractivity contribution in [2.75, 3.05) is 56.9 Å². The smallest absolute Gasteiger partial charge is 0.251 e. The molecule has 2 amide bonds. The Morgan fingerprint density at radius 1 is 1.21 bits per heavy atom. The number of carbonyl (C=O) groups is 2. The molecule has 0 radical (unpaired) electrons. The van der Waals surface area contributed by atoms with Gasteiger partial charge in [-0.15, -0.1) is 0 Å². The first kappa shape index (κ1) is 20.6. The fraction of sp³-hybridized carbons (Fsp3) is 0.619. The van der Waals surface area contributed by atoms with Gasteiger partial charge in [-0.3, -0.25) is 9.59 Å². The Labute approximate surface area is 167 Å². The van der Waals surface area contributed by atoms with Crippen LogP contribution in [0.1, 0.15) is 37.0 Å². The lowest BCUT2D eigenvalue weighted by atomic mass is 10.00. The highest BCUT2D eigenvalue weighted by Crippen LogP contribution is 2.29. The predicted molar refractivity (Wildman–Crippen MR) is 113 cm³/mol. The molecule has 3 N–H and O–H groups in total. The molecule has 1 aromatic carbocycles. The highest BCUT2D eigenvalue weighted by Gasteiger charge is 2.26. The zero-order valence-electron chi connectivity index (χ0n) is 17.3. The number of hydrogen-bond donors (Lipinski definition) is 3. The predicted octanol–water partition coefficient (Wildman–Crippen LogP) is 1.83. The number of anilines is 2. The van der Waals surface area contributed by atoms with Crippen LogP contribution >= 0.6 is 0 Å². The highest BCUT2D eigenvalue weighted by atomic mass is 16.2. The number of fused-ring (bicyclic) bond motifs is 1. The van der Waals surface area contributed by atoms with Gasteiger partial charge in [-0.25, -0.2) is 0 Å². The lowest BCUT2D eigenvalue weighted by Crippen LogP contribution is -2.45. The van der Waals surface area contributed by atoms with Crippen LogP contribution < -0.4 is 16.0 Å². The molecular weight excluding hydrogens is 354 g/mol. The van der Waals surface area contributed by atoms with Gasteiger partial charge >= 0.3 is 0 Å². The number of benzene rings is 1. The average molecular weight is 388 g/mol. The third-order valence-corrected chi connectivity index (χ3v) is 5.43. The van der Waals surface area contributed by atoms with Gasteiger partial charge in [0.2, 0.25) is 5.91 Å². The molecule has 2 aliphatic rings. The van der Waals surface area contributed by atoms with Crippen molar-refractivity contribution in [1.29, 1.82) is 0 Å². The van der Waals surface area contributed by atoms with Gasteiger partial charge in [-0.1, -0.05) is 13.8 Å². The molecule has 0 bridgehead atoms. The summed E-state index contributed by atoms with van der Waals surface area (Å²) in [6.07, 6.45) is 1.72. The maximum Gasteiger partial charge on any atom is 0.251 e. The maximum atomic E-state index is 12.5. The van der Waals surface area contributed by atoms with Crippen LogP contribution in [0.15, 0.2) is 18.2 Å². The standard InChI is InChI=1S/C21H33N5O2/c1-15(2)13-19-21(28)24-18-14-16(5-6-17(18)23-19)20(27)22-7-4-8-26-11-9-25(3)10-12-26/h5-6,14-15,19,23H,4,7-13H2,1-3H3,(H,22,27)(H,24,28). The van der Waals surface area contributed by atoms with Crippen LogP contribution in [0.5, 0.6) is 0 Å². The minimum absolute atomic E-state index is 0.0362. The second-order valence-corrected chi connectivity index (χ2v) is 8.33. The van der Waals surface area contributed by atoms with E-state index in [4.69, 9.17) is 0 Å². The van der Waals surface area contributed by atoms with E-state index in [0.717, 1.165) is 51.3 Å². The summed E-state index contributed by atoms with van der Waals surface area (Å²) >= 11 is 0. The Kier molecular flexibility index (Phi) is 6.91. The summed E-state index contributed by atoms with van der Waals surface area (Å²) in [5.41, 5.74) is 2.12. The zero-order chi connectivity index (χ0) is 20.1. The first-order chi connectivity index (χ1) is 13.4. The van der Waals surface area contributed by atoms with Crippen molar-refractivity contribution in [2.45, 2.75) is 32.7 Å². The van der Waals surface area contributed by atoms with Gasteiger partial charge in [0.1, 0.15) is 6.04 Å². The third kappa shape index (κ3) is 5.45. The van der Waals surface area contributed by atoms with Gasteiger partial charge in [0.15, 0.2) is 0 Å². The molecule has 1 aromatic rings. The van der Waals surface area contributed by atoms with Crippen LogP contribution in [-0.4, -0.2) is 74.0 Å². The summed E-state index contributed by atoms with van der Waals surface area (Å²) in [6, 6.07) is 5.22. The number of amides is 2. The van der Waals surface area contributed by atoms with Gasteiger partial charge in [0, 0.05) is 38.3 Å². The van der Waals surface area contributed by atoms with Crippen LogP contribution in [0.2, 0.25) is 0 Å². The number of nitrogens with one attached hydrogen (secondary N) is 3. The molecule has 0 aliphatic carbocycles. The molecule has 1 fully saturated rings. The SMILES string of the molecule is CC(C)CC1Nc2ccc(C(=O)NCCCN3CCN(C)CC3)cc2NC1=O. The van der Waals surface area contributed by atoms with Crippen molar-refractivity contribution in [3.05, 3.63) is 23.8 Å². The third-order valence-electron chi connectivity index (χ3n) is 5.43. The quantitative estimate of drug-likeness (QED) is 0.623. The molecule has 2 heterocycles. The number of hydrogen-bond acceptors (Lipinski definition) is 5. The van der Waals surface area contributed by atoms with E-state index < -0.39 is 0 Å². The summed E-state index contributed by atoms with van der Waals surface area (Å²) in [6.45, 7) is 10.3. The van der Waals surface area contributed by atoms with Crippen LogP contribution in [0, 0.1) is 5.92 Å². The number of rotatable bonds is 7. The summed E-state index contributed by atoms with van der Waals surface area (Å²) in [5.74, 6) is 0.298. The normalized spacial score (nSPS) is 20.4. The molecule has 7 nitrogen and oxygen atoms in total. The molecule has 1 saturated heterocycles. The fourth-order valence-corrected chi connectivity index (χ4v) is 3.70. The molecule has 28 heavy (non-hydrogen) atoms. The fourth-order valence-electron chi connectivity index (χ4n) is 3.70. The first-order valence-corrected chi connectivity index (χ1v) is 10.3. The van der Waals surface area contributed by atoms with Crippen LogP contribution in [-0.2, 0) is 4.79 Å². The van der Waals surface area contributed by atoms with E-state index in [0.29, 0.717) is 23.7 Å². The van der Waals surface area contributed by atoms with Crippen molar-refractivity contribution < 1.29 is 9.59 Å². The number of piperazine rings is 1. The van der Waals surface area contributed by atoms with E-state index >= 15 is 0 Å². The summed E-state index contributed by atoms with van der Waals surface area (Å²) in [5, 5.41) is 9.21. The minimum atomic E-state index is -0.221. The van der Waals surface area contributed by atoms with Crippen molar-refractivity contribution in [3.63, 3.8) is 0 Å². The maximum absolute atomic E-state index is 12.5. The average Bonchev–Trinajstić information content (AvgIpc) is 2.66. The second kappa shape index (κ2) is 9.39. The minimum Gasteiger partial charge on any atom is -0.372 e. The summed E-state index contributed by atoms with van der Waals surface area (Å²) in [4.78, 5) is 29.5. The Morgan fingerprint density at radius 3 is 2.68 bits per heavy atom. The summed E-state index contributed by atoms with van der Waals surface area (Å²) in [7, 11) is 2.15. The van der Waals surface area contributed by atoms with Crippen LogP contribution in [0.4, 0.5) is 11.4 Å². The highest BCUT2D eigenvalue weighted by molar-refractivity contribution is 6.05. The van der Waals surface area contributed by atoms with Gasteiger partial charge < -0.3 is 25.8 Å². The van der Waals surface area contributed by atoms with Gasteiger partial charge in [0.25, 0.3) is 5.91 Å². The molecular formula is C21H33N5O2. The number of likely N-dealkylation sites (N-methyl/N-ethyl adjacent to an activating group) is 1. The Balaban J connectivity index is 1.47. The van der Waals surface area contributed by atoms with Gasteiger partial charge in [-0.05, 0) is 50.6 Å². The molecule has 154 valence electrons. The van der Waals surface area contributed by atoms with E-state index in [1.54, 1.807) is 6.07 Å². The van der Waals surface area contributed by atoms with E-state index in [1.807, 2.05) is 12.1 Å². The van der Waals surface area contributed by atoms with E-state index in [-0.39, 0.29) is 17.9 Å². The largest absolute Gasteiger partial charge is 0.372 e. The molecule has 0 saturated carbocycles. The first-order valence-electron chi connectivity index (χ1n) is 10.3. The van der Waals surface area contributed by atoms with Crippen LogP contribution in [0.25, 0.3) is 0 Å². The second-order valence-electron chi connectivity index (χ2n) is 8.33. The lowest BCUT2D eigenvalue weighted by molar-refractivity contribution is -0.117. The molecule has 7 heteroatoms. The molecule has 2 aliphatic heterocycles. The van der Waals surface area contributed by atoms with Crippen molar-refractivity contribution in [2.24, 2.45) is 5.92 Å². The molecule has 1 unspecified atom stereocenters. The van der Waals surface area contributed by atoms with Crippen molar-refractivity contribution in [3.8, 4) is 0 Å². The van der Waals surface area contributed by atoms with Crippen LogP contribution in [0.3, 0.4) is 0 Å². The number of nitrogens with zero attached hydrogens (tertiary/aromatic N) is 2. The van der Waals surface area contributed by atoms with Gasteiger partial charge in [0.05, 0.1) is 11.4 Å². The molecule has 1 atom stereocenters. The molecule has 0 aromatic heterocycles. The zero-order valence-corrected chi connectivity index (χ0v) is 17.3. The Morgan fingerprint density at radius 2 is 1.96 bits per heavy atom. The Hall–Kier alpha value is -2.12.